The Balaban J connectivity index is 2.98. The van der Waals surface area contributed by atoms with Crippen molar-refractivity contribution in [2.24, 2.45) is 5.92 Å². The van der Waals surface area contributed by atoms with Crippen molar-refractivity contribution in [1.82, 2.24) is 4.72 Å². The number of sulfonamides is 1. The first-order chi connectivity index (χ1) is 9.69. The maximum Gasteiger partial charge on any atom is 0.349 e. The Bertz CT molecular complexity index is 590. The largest absolute Gasteiger partial charge is 0.465 e. The summed E-state index contributed by atoms with van der Waals surface area (Å²) in [6.07, 6.45) is 1.70. The first kappa shape index (κ1) is 18.1. The van der Waals surface area contributed by atoms with Crippen LogP contribution >= 0.6 is 11.3 Å². The third-order valence-electron chi connectivity index (χ3n) is 3.09. The zero-order chi connectivity index (χ0) is 16.2. The smallest absolute Gasteiger partial charge is 0.349 e. The summed E-state index contributed by atoms with van der Waals surface area (Å²) in [7, 11) is -2.48. The summed E-state index contributed by atoms with van der Waals surface area (Å²) >= 11 is 1.09. The lowest BCUT2D eigenvalue weighted by atomic mass is 10.1. The summed E-state index contributed by atoms with van der Waals surface area (Å²) in [6.45, 7) is 7.70. The molecule has 0 aromatic carbocycles. The van der Waals surface area contributed by atoms with Crippen LogP contribution in [0.2, 0.25) is 0 Å². The Kier molecular flexibility index (Phi) is 6.37. The summed E-state index contributed by atoms with van der Waals surface area (Å²) in [5, 5.41) is 1.65. The van der Waals surface area contributed by atoms with Crippen molar-refractivity contribution in [1.29, 1.82) is 0 Å². The molecule has 0 aliphatic heterocycles. The minimum absolute atomic E-state index is 0.0377. The molecule has 0 aliphatic carbocycles. The van der Waals surface area contributed by atoms with E-state index in [0.29, 0.717) is 11.5 Å². The monoisotopic (exact) mass is 333 g/mol. The van der Waals surface area contributed by atoms with Gasteiger partial charge in [0.05, 0.1) is 7.11 Å². The molecule has 1 aromatic rings. The van der Waals surface area contributed by atoms with Crippen LogP contribution in [0.5, 0.6) is 0 Å². The molecule has 1 rings (SSSR count). The van der Waals surface area contributed by atoms with Gasteiger partial charge in [-0.25, -0.2) is 17.9 Å². The van der Waals surface area contributed by atoms with Crippen molar-refractivity contribution in [3.05, 3.63) is 15.8 Å². The number of aryl methyl sites for hydroxylation is 1. The van der Waals surface area contributed by atoms with Crippen LogP contribution in [-0.4, -0.2) is 27.5 Å². The fourth-order valence-corrected chi connectivity index (χ4v) is 4.95. The maximum absolute atomic E-state index is 12.5. The van der Waals surface area contributed by atoms with Gasteiger partial charge in [-0.2, -0.15) is 0 Å². The normalized spacial score (nSPS) is 13.4. The molecule has 1 atom stereocenters. The fraction of sp³-hybridized carbons (Fsp3) is 0.643. The number of ether oxygens (including phenoxy) is 1. The van der Waals surface area contributed by atoms with E-state index in [0.717, 1.165) is 24.2 Å². The van der Waals surface area contributed by atoms with E-state index in [1.807, 2.05) is 6.92 Å². The third-order valence-corrected chi connectivity index (χ3v) is 6.07. The number of nitrogens with one attached hydrogen (secondary N) is 1. The van der Waals surface area contributed by atoms with Crippen LogP contribution in [0.4, 0.5) is 0 Å². The van der Waals surface area contributed by atoms with Gasteiger partial charge in [0.25, 0.3) is 0 Å². The molecule has 1 N–H and O–H groups in total. The van der Waals surface area contributed by atoms with Crippen LogP contribution in [0.15, 0.2) is 10.3 Å². The second-order valence-corrected chi connectivity index (χ2v) is 8.09. The van der Waals surface area contributed by atoms with Crippen molar-refractivity contribution >= 4 is 27.3 Å². The second kappa shape index (κ2) is 7.38. The van der Waals surface area contributed by atoms with Crippen LogP contribution in [-0.2, 0) is 14.8 Å². The van der Waals surface area contributed by atoms with Gasteiger partial charge in [-0.3, -0.25) is 0 Å². The molecule has 0 amide bonds. The lowest BCUT2D eigenvalue weighted by molar-refractivity contribution is 0.0602. The van der Waals surface area contributed by atoms with Gasteiger partial charge in [-0.05, 0) is 43.6 Å². The molecule has 0 saturated heterocycles. The summed E-state index contributed by atoms with van der Waals surface area (Å²) in [5.41, 5.74) is 0.559. The highest BCUT2D eigenvalue weighted by molar-refractivity contribution is 7.89. The number of thiophene rings is 1. The molecule has 7 heteroatoms. The zero-order valence-corrected chi connectivity index (χ0v) is 14.7. The number of hydrogen-bond acceptors (Lipinski definition) is 5. The molecule has 0 saturated carbocycles. The average Bonchev–Trinajstić information content (AvgIpc) is 2.77. The summed E-state index contributed by atoms with van der Waals surface area (Å²) in [5.74, 6) is -0.103. The molecule has 120 valence electrons. The zero-order valence-electron chi connectivity index (χ0n) is 13.1. The second-order valence-electron chi connectivity index (χ2n) is 5.56. The molecule has 0 fully saturated rings. The third kappa shape index (κ3) is 4.79. The minimum atomic E-state index is -3.72. The number of esters is 1. The number of rotatable bonds is 7. The first-order valence-corrected chi connectivity index (χ1v) is 9.24. The van der Waals surface area contributed by atoms with Crippen LogP contribution in [0.3, 0.4) is 0 Å². The minimum Gasteiger partial charge on any atom is -0.465 e. The maximum atomic E-state index is 12.5. The van der Waals surface area contributed by atoms with Gasteiger partial charge in [-0.15, -0.1) is 11.3 Å². The Labute approximate surface area is 130 Å². The topological polar surface area (TPSA) is 72.5 Å². The number of carbonyl (C=O) groups excluding carboxylic acids is 1. The highest BCUT2D eigenvalue weighted by atomic mass is 32.2. The Morgan fingerprint density at radius 2 is 1.95 bits per heavy atom. The van der Waals surface area contributed by atoms with Gasteiger partial charge in [0.15, 0.2) is 0 Å². The van der Waals surface area contributed by atoms with Crippen LogP contribution < -0.4 is 4.72 Å². The van der Waals surface area contributed by atoms with Gasteiger partial charge in [0.1, 0.15) is 9.77 Å². The molecule has 1 heterocycles. The predicted molar refractivity (Wildman–Crippen MR) is 84.3 cm³/mol. The molecule has 0 spiro atoms. The molecular weight excluding hydrogens is 310 g/mol. The molecule has 1 aromatic heterocycles. The van der Waals surface area contributed by atoms with Crippen molar-refractivity contribution < 1.29 is 17.9 Å². The van der Waals surface area contributed by atoms with Gasteiger partial charge < -0.3 is 4.74 Å². The predicted octanol–water partition coefficient (Wildman–Crippen LogP) is 2.95. The van der Waals surface area contributed by atoms with E-state index >= 15 is 0 Å². The van der Waals surface area contributed by atoms with Crippen molar-refractivity contribution in [2.45, 2.75) is 51.5 Å². The van der Waals surface area contributed by atoms with Gasteiger partial charge in [0.2, 0.25) is 10.0 Å². The van der Waals surface area contributed by atoms with Crippen molar-refractivity contribution in [2.75, 3.05) is 7.11 Å². The summed E-state index contributed by atoms with van der Waals surface area (Å²) < 4.78 is 32.3. The van der Waals surface area contributed by atoms with E-state index in [2.05, 4.69) is 23.3 Å². The highest BCUT2D eigenvalue weighted by Crippen LogP contribution is 2.27. The van der Waals surface area contributed by atoms with Crippen molar-refractivity contribution in [3.63, 3.8) is 0 Å². The van der Waals surface area contributed by atoms with Gasteiger partial charge >= 0.3 is 5.97 Å². The molecule has 5 nitrogen and oxygen atoms in total. The standard InChI is InChI=1S/C14H23NO4S2/c1-9(2)6-7-11(4)15-21(17,18)13-10(3)8-20-12(13)14(16)19-5/h8-9,11,15H,6-7H2,1-5H3. The fourth-order valence-electron chi connectivity index (χ4n) is 1.97. The van der Waals surface area contributed by atoms with Crippen LogP contribution in [0.25, 0.3) is 0 Å². The van der Waals surface area contributed by atoms with E-state index in [1.165, 1.54) is 7.11 Å². The lowest BCUT2D eigenvalue weighted by Crippen LogP contribution is -2.33. The quantitative estimate of drug-likeness (QED) is 0.779. The van der Waals surface area contributed by atoms with Gasteiger partial charge in [-0.1, -0.05) is 13.8 Å². The highest BCUT2D eigenvalue weighted by Gasteiger charge is 2.28. The number of hydrogen-bond donors (Lipinski definition) is 1. The van der Waals surface area contributed by atoms with Crippen LogP contribution in [0.1, 0.15) is 48.8 Å². The summed E-state index contributed by atoms with van der Waals surface area (Å²) in [4.78, 5) is 11.9. The van der Waals surface area contributed by atoms with E-state index in [-0.39, 0.29) is 15.8 Å². The Morgan fingerprint density at radius 1 is 1.33 bits per heavy atom. The Morgan fingerprint density at radius 3 is 2.48 bits per heavy atom. The molecular formula is C14H23NO4S2. The number of methoxy groups -OCH3 is 1. The molecule has 21 heavy (non-hydrogen) atoms. The van der Waals surface area contributed by atoms with E-state index in [1.54, 1.807) is 12.3 Å². The van der Waals surface area contributed by atoms with Gasteiger partial charge in [0, 0.05) is 6.04 Å². The van der Waals surface area contributed by atoms with E-state index < -0.39 is 16.0 Å². The van der Waals surface area contributed by atoms with E-state index in [4.69, 9.17) is 0 Å². The molecule has 0 radical (unpaired) electrons. The van der Waals surface area contributed by atoms with Crippen molar-refractivity contribution in [3.8, 4) is 0 Å². The van der Waals surface area contributed by atoms with E-state index in [9.17, 15) is 13.2 Å². The molecule has 1 unspecified atom stereocenters. The number of carbonyl (C=O) groups is 1. The SMILES string of the molecule is COC(=O)c1scc(C)c1S(=O)(=O)NC(C)CCC(C)C. The van der Waals surface area contributed by atoms with Crippen LogP contribution in [0, 0.1) is 12.8 Å². The average molecular weight is 333 g/mol. The lowest BCUT2D eigenvalue weighted by Gasteiger charge is -2.16. The first-order valence-electron chi connectivity index (χ1n) is 6.87. The Hall–Kier alpha value is -0.920. The molecule has 0 bridgehead atoms. The molecule has 0 aliphatic rings. The summed E-state index contributed by atoms with van der Waals surface area (Å²) in [6, 6.07) is -0.179.